The van der Waals surface area contributed by atoms with Crippen molar-refractivity contribution in [3.05, 3.63) is 93.8 Å². The lowest BCUT2D eigenvalue weighted by Gasteiger charge is -2.30. The maximum Gasteiger partial charge on any atom is 0.269 e. The van der Waals surface area contributed by atoms with Gasteiger partial charge in [-0.15, -0.1) is 0 Å². The van der Waals surface area contributed by atoms with Crippen molar-refractivity contribution in [3.8, 4) is 0 Å². The van der Waals surface area contributed by atoms with Gasteiger partial charge in [0.2, 0.25) is 5.91 Å². The van der Waals surface area contributed by atoms with Gasteiger partial charge in [0.25, 0.3) is 5.69 Å². The zero-order valence-electron chi connectivity index (χ0n) is 19.4. The van der Waals surface area contributed by atoms with Gasteiger partial charge in [0.05, 0.1) is 4.92 Å². The Bertz CT molecular complexity index is 1110. The van der Waals surface area contributed by atoms with Crippen LogP contribution in [0.3, 0.4) is 0 Å². The van der Waals surface area contributed by atoms with E-state index in [1.165, 1.54) is 11.6 Å². The van der Waals surface area contributed by atoms with E-state index >= 15 is 0 Å². The molecule has 0 aliphatic carbocycles. The lowest BCUT2D eigenvalue weighted by molar-refractivity contribution is -0.385. The number of nitro benzene ring substituents is 1. The van der Waals surface area contributed by atoms with Gasteiger partial charge >= 0.3 is 0 Å². The molecule has 1 heterocycles. The van der Waals surface area contributed by atoms with Crippen molar-refractivity contribution < 1.29 is 9.72 Å². The molecule has 1 aromatic heterocycles. The molecule has 0 aliphatic heterocycles. The summed E-state index contributed by atoms with van der Waals surface area (Å²) in [6, 6.07) is 18.7. The predicted octanol–water partition coefficient (Wildman–Crippen LogP) is 6.07. The first-order valence-corrected chi connectivity index (χ1v) is 11.7. The second-order valence-corrected chi connectivity index (χ2v) is 10.1. The number of nitro groups is 1. The van der Waals surface area contributed by atoms with Crippen molar-refractivity contribution in [1.29, 1.82) is 0 Å². The van der Waals surface area contributed by atoms with Crippen LogP contribution in [0.15, 0.2) is 76.7 Å². The number of rotatable bonds is 8. The molecular weight excluding hydrogens is 434 g/mol. The Hall–Kier alpha value is -3.19. The summed E-state index contributed by atoms with van der Waals surface area (Å²) < 4.78 is 0. The molecule has 7 heteroatoms. The molecule has 0 bridgehead atoms. The number of hydrogen-bond donors (Lipinski definition) is 0. The molecule has 0 saturated carbocycles. The Balaban J connectivity index is 1.92. The summed E-state index contributed by atoms with van der Waals surface area (Å²) >= 11 is 1.55. The van der Waals surface area contributed by atoms with E-state index in [2.05, 4.69) is 4.98 Å². The van der Waals surface area contributed by atoms with E-state index in [-0.39, 0.29) is 11.6 Å². The SMILES string of the molecule is Cc1ccc(Sc2ccc([N+](=O)[O-])cc2CN(CCc2ccccn2)C(=O)C(C)(C)C)cc1. The summed E-state index contributed by atoms with van der Waals surface area (Å²) in [7, 11) is 0. The Morgan fingerprint density at radius 1 is 1.09 bits per heavy atom. The Morgan fingerprint density at radius 3 is 2.42 bits per heavy atom. The van der Waals surface area contributed by atoms with Crippen LogP contribution in [-0.2, 0) is 17.8 Å². The van der Waals surface area contributed by atoms with Gasteiger partial charge in [0, 0.05) is 58.7 Å². The number of nitrogens with zero attached hydrogens (tertiary/aromatic N) is 3. The van der Waals surface area contributed by atoms with Gasteiger partial charge < -0.3 is 4.90 Å². The van der Waals surface area contributed by atoms with E-state index in [1.807, 2.05) is 70.2 Å². The molecule has 0 fully saturated rings. The molecule has 0 spiro atoms. The van der Waals surface area contributed by atoms with Gasteiger partial charge in [-0.3, -0.25) is 19.9 Å². The third-order valence-corrected chi connectivity index (χ3v) is 6.28. The molecule has 0 aliphatic rings. The van der Waals surface area contributed by atoms with Crippen LogP contribution in [-0.4, -0.2) is 27.3 Å². The van der Waals surface area contributed by atoms with Gasteiger partial charge in [-0.2, -0.15) is 0 Å². The van der Waals surface area contributed by atoms with Crippen LogP contribution in [0.1, 0.15) is 37.6 Å². The van der Waals surface area contributed by atoms with Gasteiger partial charge in [0.1, 0.15) is 0 Å². The predicted molar refractivity (Wildman–Crippen MR) is 131 cm³/mol. The van der Waals surface area contributed by atoms with E-state index in [0.29, 0.717) is 19.5 Å². The normalized spacial score (nSPS) is 11.3. The molecule has 6 nitrogen and oxygen atoms in total. The number of carbonyl (C=O) groups excluding carboxylic acids is 1. The van der Waals surface area contributed by atoms with Gasteiger partial charge in [-0.1, -0.05) is 56.3 Å². The van der Waals surface area contributed by atoms with Crippen LogP contribution < -0.4 is 0 Å². The molecule has 0 saturated heterocycles. The van der Waals surface area contributed by atoms with Crippen LogP contribution >= 0.6 is 11.8 Å². The summed E-state index contributed by atoms with van der Waals surface area (Å²) in [6.45, 7) is 8.46. The molecule has 3 rings (SSSR count). The zero-order chi connectivity index (χ0) is 24.0. The van der Waals surface area contributed by atoms with Gasteiger partial charge in [-0.05, 0) is 42.8 Å². The van der Waals surface area contributed by atoms with Crippen LogP contribution in [0.2, 0.25) is 0 Å². The summed E-state index contributed by atoms with van der Waals surface area (Å²) in [5.74, 6) is -0.00350. The molecule has 0 radical (unpaired) electrons. The van der Waals surface area contributed by atoms with Crippen LogP contribution in [0.25, 0.3) is 0 Å². The molecule has 0 unspecified atom stereocenters. The number of amides is 1. The molecule has 3 aromatic rings. The highest BCUT2D eigenvalue weighted by Crippen LogP contribution is 2.34. The smallest absolute Gasteiger partial charge is 0.269 e. The molecule has 2 aromatic carbocycles. The second kappa shape index (κ2) is 10.6. The highest BCUT2D eigenvalue weighted by Gasteiger charge is 2.28. The number of non-ortho nitro benzene ring substituents is 1. The minimum absolute atomic E-state index is 0.00350. The average Bonchev–Trinajstić information content (AvgIpc) is 2.78. The van der Waals surface area contributed by atoms with Gasteiger partial charge in [-0.25, -0.2) is 0 Å². The number of aryl methyl sites for hydroxylation is 1. The van der Waals surface area contributed by atoms with E-state index in [9.17, 15) is 14.9 Å². The van der Waals surface area contributed by atoms with Crippen molar-refractivity contribution in [1.82, 2.24) is 9.88 Å². The maximum atomic E-state index is 13.3. The third kappa shape index (κ3) is 6.89. The lowest BCUT2D eigenvalue weighted by Crippen LogP contribution is -2.40. The van der Waals surface area contributed by atoms with E-state index in [0.717, 1.165) is 21.0 Å². The number of hydrogen-bond acceptors (Lipinski definition) is 5. The first kappa shape index (κ1) is 24.5. The first-order valence-electron chi connectivity index (χ1n) is 10.8. The highest BCUT2D eigenvalue weighted by molar-refractivity contribution is 7.99. The van der Waals surface area contributed by atoms with Crippen LogP contribution in [0.5, 0.6) is 0 Å². The summed E-state index contributed by atoms with van der Waals surface area (Å²) in [6.07, 6.45) is 2.35. The standard InChI is InChI=1S/C26H29N3O3S/c1-19-8-11-23(12-9-19)33-24-13-10-22(29(31)32)17-20(24)18-28(25(30)26(2,3)4)16-14-21-7-5-6-15-27-21/h5-13,15,17H,14,16,18H2,1-4H3. The molecule has 33 heavy (non-hydrogen) atoms. The minimum atomic E-state index is -0.574. The number of aromatic nitrogens is 1. The average molecular weight is 464 g/mol. The maximum absolute atomic E-state index is 13.3. The van der Waals surface area contributed by atoms with Crippen LogP contribution in [0.4, 0.5) is 5.69 Å². The molecule has 172 valence electrons. The number of pyridine rings is 1. The van der Waals surface area contributed by atoms with E-state index in [4.69, 9.17) is 0 Å². The fraction of sp³-hybridized carbons (Fsp3) is 0.308. The van der Waals surface area contributed by atoms with Crippen LogP contribution in [0, 0.1) is 22.5 Å². The topological polar surface area (TPSA) is 76.3 Å². The van der Waals surface area contributed by atoms with Crippen molar-refractivity contribution in [2.24, 2.45) is 5.41 Å². The highest BCUT2D eigenvalue weighted by atomic mass is 32.2. The van der Waals surface area contributed by atoms with Gasteiger partial charge in [0.15, 0.2) is 0 Å². The largest absolute Gasteiger partial charge is 0.337 e. The Morgan fingerprint density at radius 2 is 1.82 bits per heavy atom. The zero-order valence-corrected chi connectivity index (χ0v) is 20.3. The van der Waals surface area contributed by atoms with Crippen molar-refractivity contribution in [2.45, 2.75) is 50.5 Å². The monoisotopic (exact) mass is 463 g/mol. The molecule has 1 amide bonds. The third-order valence-electron chi connectivity index (χ3n) is 5.16. The minimum Gasteiger partial charge on any atom is -0.337 e. The van der Waals surface area contributed by atoms with Crippen molar-refractivity contribution in [3.63, 3.8) is 0 Å². The number of benzene rings is 2. The Kier molecular flexibility index (Phi) is 7.87. The Labute approximate surface area is 199 Å². The van der Waals surface area contributed by atoms with Crippen molar-refractivity contribution in [2.75, 3.05) is 6.54 Å². The summed E-state index contributed by atoms with van der Waals surface area (Å²) in [4.78, 5) is 32.4. The fourth-order valence-electron chi connectivity index (χ4n) is 3.36. The quantitative estimate of drug-likeness (QED) is 0.299. The number of carbonyl (C=O) groups is 1. The first-order chi connectivity index (χ1) is 15.6. The van der Waals surface area contributed by atoms with Crippen molar-refractivity contribution >= 4 is 23.4 Å². The second-order valence-electron chi connectivity index (χ2n) is 9.01. The molecule has 0 atom stereocenters. The summed E-state index contributed by atoms with van der Waals surface area (Å²) in [5.41, 5.74) is 2.27. The lowest BCUT2D eigenvalue weighted by atomic mass is 9.94. The summed E-state index contributed by atoms with van der Waals surface area (Å²) in [5, 5.41) is 11.5. The van der Waals surface area contributed by atoms with E-state index in [1.54, 1.807) is 35.0 Å². The fourth-order valence-corrected chi connectivity index (χ4v) is 4.28. The molecular formula is C26H29N3O3S. The molecule has 0 N–H and O–H groups in total. The van der Waals surface area contributed by atoms with E-state index < -0.39 is 10.3 Å².